The van der Waals surface area contributed by atoms with Gasteiger partial charge in [-0.2, -0.15) is 0 Å². The first-order chi connectivity index (χ1) is 6.77. The van der Waals surface area contributed by atoms with Gasteiger partial charge in [-0.15, -0.1) is 0 Å². The van der Waals surface area contributed by atoms with Crippen LogP contribution < -0.4 is 0 Å². The summed E-state index contributed by atoms with van der Waals surface area (Å²) < 4.78 is 5.13. The Morgan fingerprint density at radius 2 is 2.29 bits per heavy atom. The molecule has 0 amide bonds. The van der Waals surface area contributed by atoms with Crippen LogP contribution in [0.4, 0.5) is 0 Å². The Hall–Kier alpha value is -1.31. The monoisotopic (exact) mass is 190 g/mol. The van der Waals surface area contributed by atoms with Crippen LogP contribution in [-0.4, -0.2) is 5.78 Å². The molecule has 0 bridgehead atoms. The van der Waals surface area contributed by atoms with Gasteiger partial charge in [0.25, 0.3) is 0 Å². The molecule has 1 aromatic rings. The zero-order valence-electron chi connectivity index (χ0n) is 8.38. The van der Waals surface area contributed by atoms with Gasteiger partial charge in [-0.05, 0) is 44.2 Å². The van der Waals surface area contributed by atoms with Gasteiger partial charge in [0.05, 0.1) is 5.56 Å². The van der Waals surface area contributed by atoms with Crippen molar-refractivity contribution in [2.75, 3.05) is 0 Å². The van der Waals surface area contributed by atoms with Crippen molar-refractivity contribution in [2.24, 2.45) is 0 Å². The largest absolute Gasteiger partial charge is 0.469 e. The summed E-state index contributed by atoms with van der Waals surface area (Å²) in [7, 11) is 0. The molecular weight excluding hydrogens is 176 g/mol. The van der Waals surface area contributed by atoms with E-state index in [-0.39, 0.29) is 5.78 Å². The molecule has 1 aliphatic carbocycles. The zero-order chi connectivity index (χ0) is 9.97. The molecular formula is C12H14O2. The van der Waals surface area contributed by atoms with E-state index in [0.29, 0.717) is 5.56 Å². The van der Waals surface area contributed by atoms with Gasteiger partial charge in [0.2, 0.25) is 0 Å². The Morgan fingerprint density at radius 3 is 2.86 bits per heavy atom. The number of carbonyl (C=O) groups is 1. The highest BCUT2D eigenvalue weighted by molar-refractivity contribution is 6.08. The second-order valence-corrected chi connectivity index (χ2v) is 3.75. The molecule has 0 saturated heterocycles. The van der Waals surface area contributed by atoms with Crippen molar-refractivity contribution in [1.29, 1.82) is 0 Å². The molecule has 1 aliphatic rings. The summed E-state index contributed by atoms with van der Waals surface area (Å²) in [6.07, 6.45) is 7.91. The summed E-state index contributed by atoms with van der Waals surface area (Å²) in [6, 6.07) is 1.80. The minimum Gasteiger partial charge on any atom is -0.469 e. The lowest BCUT2D eigenvalue weighted by Crippen LogP contribution is -2.05. The maximum absolute atomic E-state index is 11.9. The van der Waals surface area contributed by atoms with Crippen LogP contribution in [0.5, 0.6) is 0 Å². The van der Waals surface area contributed by atoms with E-state index >= 15 is 0 Å². The molecule has 2 nitrogen and oxygen atoms in total. The standard InChI is InChI=1S/C12H14O2/c1-9-7-11(8-14-9)12(13)10-5-3-2-4-6-10/h5,7-8H,2-4,6H2,1H3. The number of ketones is 1. The molecule has 14 heavy (non-hydrogen) atoms. The molecule has 0 fully saturated rings. The van der Waals surface area contributed by atoms with Crippen molar-refractivity contribution in [1.82, 2.24) is 0 Å². The van der Waals surface area contributed by atoms with Crippen LogP contribution in [0.1, 0.15) is 41.8 Å². The van der Waals surface area contributed by atoms with E-state index in [1.807, 2.05) is 6.92 Å². The first-order valence-electron chi connectivity index (χ1n) is 5.06. The normalized spacial score (nSPS) is 16.5. The van der Waals surface area contributed by atoms with Gasteiger partial charge >= 0.3 is 0 Å². The smallest absolute Gasteiger partial charge is 0.191 e. The molecule has 74 valence electrons. The fraction of sp³-hybridized carbons (Fsp3) is 0.417. The highest BCUT2D eigenvalue weighted by Crippen LogP contribution is 2.22. The molecule has 0 unspecified atom stereocenters. The number of furan rings is 1. The summed E-state index contributed by atoms with van der Waals surface area (Å²) in [5.74, 6) is 0.936. The van der Waals surface area contributed by atoms with E-state index in [2.05, 4.69) is 6.08 Å². The lowest BCUT2D eigenvalue weighted by Gasteiger charge is -2.09. The van der Waals surface area contributed by atoms with E-state index in [4.69, 9.17) is 4.42 Å². The van der Waals surface area contributed by atoms with Gasteiger partial charge in [0.15, 0.2) is 5.78 Å². The molecule has 0 aromatic carbocycles. The predicted molar refractivity (Wildman–Crippen MR) is 54.3 cm³/mol. The quantitative estimate of drug-likeness (QED) is 0.670. The number of carbonyl (C=O) groups excluding carboxylic acids is 1. The topological polar surface area (TPSA) is 30.2 Å². The molecule has 0 radical (unpaired) electrons. The first kappa shape index (κ1) is 9.25. The fourth-order valence-corrected chi connectivity index (χ4v) is 1.79. The molecule has 1 aromatic heterocycles. The van der Waals surface area contributed by atoms with E-state index < -0.39 is 0 Å². The van der Waals surface area contributed by atoms with Crippen molar-refractivity contribution in [3.8, 4) is 0 Å². The number of hydrogen-bond acceptors (Lipinski definition) is 2. The zero-order valence-corrected chi connectivity index (χ0v) is 8.38. The third kappa shape index (κ3) is 1.79. The molecule has 2 heteroatoms. The van der Waals surface area contributed by atoms with Crippen molar-refractivity contribution in [3.63, 3.8) is 0 Å². The number of allylic oxidation sites excluding steroid dienone is 2. The maximum Gasteiger partial charge on any atom is 0.191 e. The van der Waals surface area contributed by atoms with E-state index in [0.717, 1.165) is 30.6 Å². The minimum atomic E-state index is 0.140. The van der Waals surface area contributed by atoms with Crippen molar-refractivity contribution in [3.05, 3.63) is 35.3 Å². The van der Waals surface area contributed by atoms with Crippen LogP contribution >= 0.6 is 0 Å². The average Bonchev–Trinajstić information content (AvgIpc) is 2.65. The molecule has 1 heterocycles. The second-order valence-electron chi connectivity index (χ2n) is 3.75. The molecule has 0 atom stereocenters. The maximum atomic E-state index is 11.9. The van der Waals surface area contributed by atoms with Gasteiger partial charge in [-0.25, -0.2) is 0 Å². The van der Waals surface area contributed by atoms with Crippen molar-refractivity contribution < 1.29 is 9.21 Å². The third-order valence-corrected chi connectivity index (χ3v) is 2.58. The predicted octanol–water partition coefficient (Wildman–Crippen LogP) is 3.27. The lowest BCUT2D eigenvalue weighted by atomic mass is 9.94. The Morgan fingerprint density at radius 1 is 1.43 bits per heavy atom. The van der Waals surface area contributed by atoms with Gasteiger partial charge in [-0.1, -0.05) is 6.08 Å². The summed E-state index contributed by atoms with van der Waals surface area (Å²) >= 11 is 0. The van der Waals surface area contributed by atoms with Crippen molar-refractivity contribution in [2.45, 2.75) is 32.6 Å². The Kier molecular flexibility index (Phi) is 2.53. The van der Waals surface area contributed by atoms with Crippen LogP contribution in [0.15, 0.2) is 28.4 Å². The summed E-state index contributed by atoms with van der Waals surface area (Å²) in [4.78, 5) is 11.9. The molecule has 2 rings (SSSR count). The van der Waals surface area contributed by atoms with Crippen LogP contribution in [-0.2, 0) is 0 Å². The van der Waals surface area contributed by atoms with Gasteiger partial charge in [-0.3, -0.25) is 4.79 Å². The van der Waals surface area contributed by atoms with Crippen LogP contribution in [0.2, 0.25) is 0 Å². The average molecular weight is 190 g/mol. The molecule has 0 saturated carbocycles. The number of rotatable bonds is 2. The van der Waals surface area contributed by atoms with Crippen molar-refractivity contribution >= 4 is 5.78 Å². The minimum absolute atomic E-state index is 0.140. The molecule has 0 spiro atoms. The lowest BCUT2D eigenvalue weighted by molar-refractivity contribution is 0.102. The van der Waals surface area contributed by atoms with E-state index in [1.165, 1.54) is 6.42 Å². The summed E-state index contributed by atoms with van der Waals surface area (Å²) in [5.41, 5.74) is 1.65. The third-order valence-electron chi connectivity index (χ3n) is 2.58. The summed E-state index contributed by atoms with van der Waals surface area (Å²) in [6.45, 7) is 1.85. The highest BCUT2D eigenvalue weighted by Gasteiger charge is 2.15. The fourth-order valence-electron chi connectivity index (χ4n) is 1.79. The number of hydrogen-bond donors (Lipinski definition) is 0. The SMILES string of the molecule is Cc1cc(C(=O)C2=CCCCC2)co1. The van der Waals surface area contributed by atoms with Crippen LogP contribution in [0, 0.1) is 6.92 Å². The number of Topliss-reactive ketones (excluding diaryl/α,β-unsaturated/α-hetero) is 1. The molecule has 0 aliphatic heterocycles. The Bertz CT molecular complexity index is 371. The highest BCUT2D eigenvalue weighted by atomic mass is 16.3. The van der Waals surface area contributed by atoms with Gasteiger partial charge in [0.1, 0.15) is 12.0 Å². The second kappa shape index (κ2) is 3.82. The Balaban J connectivity index is 2.19. The van der Waals surface area contributed by atoms with Crippen LogP contribution in [0.25, 0.3) is 0 Å². The molecule has 0 N–H and O–H groups in total. The number of aryl methyl sites for hydroxylation is 1. The van der Waals surface area contributed by atoms with Gasteiger partial charge < -0.3 is 4.42 Å². The first-order valence-corrected chi connectivity index (χ1v) is 5.06. The van der Waals surface area contributed by atoms with E-state index in [9.17, 15) is 4.79 Å². The Labute approximate surface area is 83.6 Å². The summed E-state index contributed by atoms with van der Waals surface area (Å²) in [5, 5.41) is 0. The van der Waals surface area contributed by atoms with Gasteiger partial charge in [0, 0.05) is 0 Å². The van der Waals surface area contributed by atoms with Crippen LogP contribution in [0.3, 0.4) is 0 Å². The van der Waals surface area contributed by atoms with E-state index in [1.54, 1.807) is 12.3 Å².